The number of aryl methyl sites for hydroxylation is 2. The van der Waals surface area contributed by atoms with Gasteiger partial charge < -0.3 is 14.5 Å². The summed E-state index contributed by atoms with van der Waals surface area (Å²) >= 11 is 0. The van der Waals surface area contributed by atoms with Crippen molar-refractivity contribution in [2.45, 2.75) is 12.8 Å². The zero-order chi connectivity index (χ0) is 14.1. The van der Waals surface area contributed by atoms with Crippen LogP contribution in [0.25, 0.3) is 11.0 Å². The standard InChI is InChI=1S/C16H15N3O2/c1-2-11(10-17-5-1)3-4-16-18-12-8-14-15(9-13(12)19-16)21-7-6-20-14/h1-2,5,8-10H,3-4,6-7H2,(H,18,19). The second kappa shape index (κ2) is 5.09. The lowest BCUT2D eigenvalue weighted by Crippen LogP contribution is -2.15. The largest absolute Gasteiger partial charge is 0.486 e. The molecule has 0 unspecified atom stereocenters. The van der Waals surface area contributed by atoms with E-state index in [0.717, 1.165) is 41.2 Å². The van der Waals surface area contributed by atoms with Crippen molar-refractivity contribution in [3.05, 3.63) is 48.0 Å². The minimum Gasteiger partial charge on any atom is -0.486 e. The van der Waals surface area contributed by atoms with Crippen LogP contribution in [0, 0.1) is 0 Å². The van der Waals surface area contributed by atoms with Crippen molar-refractivity contribution in [1.29, 1.82) is 0 Å². The van der Waals surface area contributed by atoms with Crippen molar-refractivity contribution in [2.24, 2.45) is 0 Å². The summed E-state index contributed by atoms with van der Waals surface area (Å²) in [6, 6.07) is 7.94. The van der Waals surface area contributed by atoms with Crippen molar-refractivity contribution in [1.82, 2.24) is 15.0 Å². The molecule has 0 amide bonds. The summed E-state index contributed by atoms with van der Waals surface area (Å²) in [4.78, 5) is 12.1. The first-order valence-electron chi connectivity index (χ1n) is 7.06. The lowest BCUT2D eigenvalue weighted by Gasteiger charge is -2.17. The Bertz CT molecular complexity index is 725. The number of fused-ring (bicyclic) bond motifs is 2. The highest BCUT2D eigenvalue weighted by Crippen LogP contribution is 2.33. The van der Waals surface area contributed by atoms with E-state index < -0.39 is 0 Å². The van der Waals surface area contributed by atoms with Crippen molar-refractivity contribution in [3.8, 4) is 11.5 Å². The van der Waals surface area contributed by atoms with Crippen LogP contribution >= 0.6 is 0 Å². The maximum absolute atomic E-state index is 5.59. The van der Waals surface area contributed by atoms with Gasteiger partial charge in [0.2, 0.25) is 0 Å². The van der Waals surface area contributed by atoms with Gasteiger partial charge in [0.05, 0.1) is 11.0 Å². The van der Waals surface area contributed by atoms with Crippen molar-refractivity contribution < 1.29 is 9.47 Å². The molecule has 1 aliphatic heterocycles. The van der Waals surface area contributed by atoms with Crippen molar-refractivity contribution in [2.75, 3.05) is 13.2 Å². The second-order valence-corrected chi connectivity index (χ2v) is 5.06. The van der Waals surface area contributed by atoms with Gasteiger partial charge in [0.25, 0.3) is 0 Å². The molecule has 5 heteroatoms. The minimum atomic E-state index is 0.594. The van der Waals surface area contributed by atoms with Crippen LogP contribution in [0.3, 0.4) is 0 Å². The fourth-order valence-corrected chi connectivity index (χ4v) is 2.53. The Morgan fingerprint density at radius 1 is 1.10 bits per heavy atom. The van der Waals surface area contributed by atoms with Crippen LogP contribution in [0.15, 0.2) is 36.7 Å². The van der Waals surface area contributed by atoms with Gasteiger partial charge in [-0.3, -0.25) is 4.98 Å². The first-order valence-corrected chi connectivity index (χ1v) is 7.06. The number of hydrogen-bond donors (Lipinski definition) is 1. The number of aromatic nitrogens is 3. The van der Waals surface area contributed by atoms with E-state index in [1.807, 2.05) is 24.4 Å². The van der Waals surface area contributed by atoms with Crippen molar-refractivity contribution in [3.63, 3.8) is 0 Å². The SMILES string of the molecule is c1cncc(CCc2nc3cc4c(cc3[nH]2)OCCO4)c1. The highest BCUT2D eigenvalue weighted by Gasteiger charge is 2.14. The fourth-order valence-electron chi connectivity index (χ4n) is 2.53. The molecule has 0 radical (unpaired) electrons. The molecular weight excluding hydrogens is 266 g/mol. The number of benzene rings is 1. The molecule has 1 N–H and O–H groups in total. The Labute approximate surface area is 121 Å². The normalized spacial score (nSPS) is 13.5. The average molecular weight is 281 g/mol. The Morgan fingerprint density at radius 3 is 2.76 bits per heavy atom. The number of hydrogen-bond acceptors (Lipinski definition) is 4. The molecule has 1 aromatic carbocycles. The van der Waals surface area contributed by atoms with Crippen LogP contribution in [0.2, 0.25) is 0 Å². The number of H-pyrrole nitrogens is 1. The van der Waals surface area contributed by atoms with Crippen molar-refractivity contribution >= 4 is 11.0 Å². The zero-order valence-corrected chi connectivity index (χ0v) is 11.5. The molecule has 0 atom stereocenters. The van der Waals surface area contributed by atoms with Crippen LogP contribution < -0.4 is 9.47 Å². The molecule has 0 saturated heterocycles. The second-order valence-electron chi connectivity index (χ2n) is 5.06. The number of ether oxygens (including phenoxy) is 2. The van der Waals surface area contributed by atoms with Gasteiger partial charge in [-0.15, -0.1) is 0 Å². The summed E-state index contributed by atoms with van der Waals surface area (Å²) in [6.45, 7) is 1.19. The van der Waals surface area contributed by atoms with E-state index in [0.29, 0.717) is 13.2 Å². The van der Waals surface area contributed by atoms with Crippen LogP contribution in [-0.4, -0.2) is 28.2 Å². The molecule has 0 saturated carbocycles. The summed E-state index contributed by atoms with van der Waals surface area (Å²) in [6.07, 6.45) is 5.45. The molecule has 3 aromatic rings. The summed E-state index contributed by atoms with van der Waals surface area (Å²) < 4.78 is 11.2. The van der Waals surface area contributed by atoms with Gasteiger partial charge in [-0.25, -0.2) is 4.98 Å². The Kier molecular flexibility index (Phi) is 2.96. The molecule has 4 rings (SSSR count). The lowest BCUT2D eigenvalue weighted by molar-refractivity contribution is 0.172. The van der Waals surface area contributed by atoms with Gasteiger partial charge in [0, 0.05) is 30.9 Å². The van der Waals surface area contributed by atoms with Gasteiger partial charge in [-0.1, -0.05) is 6.07 Å². The lowest BCUT2D eigenvalue weighted by atomic mass is 10.1. The highest BCUT2D eigenvalue weighted by molar-refractivity contribution is 5.79. The predicted molar refractivity (Wildman–Crippen MR) is 78.7 cm³/mol. The van der Waals surface area contributed by atoms with E-state index in [-0.39, 0.29) is 0 Å². The Balaban J connectivity index is 1.59. The first kappa shape index (κ1) is 12.2. The molecule has 5 nitrogen and oxygen atoms in total. The van der Waals surface area contributed by atoms with E-state index in [1.54, 1.807) is 6.20 Å². The van der Waals surface area contributed by atoms with Crippen LogP contribution in [-0.2, 0) is 12.8 Å². The summed E-state index contributed by atoms with van der Waals surface area (Å²) in [5.41, 5.74) is 3.12. The minimum absolute atomic E-state index is 0.594. The van der Waals surface area contributed by atoms with Crippen LogP contribution in [0.5, 0.6) is 11.5 Å². The van der Waals surface area contributed by atoms with Crippen LogP contribution in [0.4, 0.5) is 0 Å². The first-order chi connectivity index (χ1) is 10.4. The number of rotatable bonds is 3. The zero-order valence-electron chi connectivity index (χ0n) is 11.5. The van der Waals surface area contributed by atoms with Gasteiger partial charge in [0.15, 0.2) is 11.5 Å². The smallest absolute Gasteiger partial charge is 0.163 e. The molecule has 0 bridgehead atoms. The highest BCUT2D eigenvalue weighted by atomic mass is 16.6. The number of nitrogens with one attached hydrogen (secondary N) is 1. The van der Waals surface area contributed by atoms with Crippen LogP contribution in [0.1, 0.15) is 11.4 Å². The summed E-state index contributed by atoms with van der Waals surface area (Å²) in [5.74, 6) is 2.53. The maximum Gasteiger partial charge on any atom is 0.163 e. The molecule has 3 heterocycles. The van der Waals surface area contributed by atoms with Gasteiger partial charge >= 0.3 is 0 Å². The third-order valence-corrected chi connectivity index (χ3v) is 3.57. The molecular formula is C16H15N3O2. The summed E-state index contributed by atoms with van der Waals surface area (Å²) in [5, 5.41) is 0. The fraction of sp³-hybridized carbons (Fsp3) is 0.250. The molecule has 0 spiro atoms. The molecule has 0 fully saturated rings. The summed E-state index contributed by atoms with van der Waals surface area (Å²) in [7, 11) is 0. The number of imidazole rings is 1. The van der Waals surface area contributed by atoms with E-state index in [9.17, 15) is 0 Å². The Morgan fingerprint density at radius 2 is 1.95 bits per heavy atom. The average Bonchev–Trinajstić information content (AvgIpc) is 2.93. The number of aromatic amines is 1. The quantitative estimate of drug-likeness (QED) is 0.801. The monoisotopic (exact) mass is 281 g/mol. The van der Waals surface area contributed by atoms with Gasteiger partial charge in [-0.2, -0.15) is 0 Å². The van der Waals surface area contributed by atoms with E-state index in [2.05, 4.69) is 21.0 Å². The van der Waals surface area contributed by atoms with Gasteiger partial charge in [-0.05, 0) is 18.1 Å². The number of pyridine rings is 1. The Hall–Kier alpha value is -2.56. The third kappa shape index (κ3) is 2.42. The maximum atomic E-state index is 5.59. The third-order valence-electron chi connectivity index (χ3n) is 3.57. The van der Waals surface area contributed by atoms with E-state index in [4.69, 9.17) is 9.47 Å². The number of nitrogens with zero attached hydrogens (tertiary/aromatic N) is 2. The molecule has 1 aliphatic rings. The van der Waals surface area contributed by atoms with E-state index in [1.165, 1.54) is 5.56 Å². The van der Waals surface area contributed by atoms with Gasteiger partial charge in [0.1, 0.15) is 19.0 Å². The molecule has 21 heavy (non-hydrogen) atoms. The molecule has 2 aromatic heterocycles. The predicted octanol–water partition coefficient (Wildman–Crippen LogP) is 2.51. The molecule has 0 aliphatic carbocycles. The molecule has 106 valence electrons. The van der Waals surface area contributed by atoms with E-state index >= 15 is 0 Å². The topological polar surface area (TPSA) is 60.0 Å².